The normalized spacial score (nSPS) is 16.8. The summed E-state index contributed by atoms with van der Waals surface area (Å²) in [5.74, 6) is 1.15. The van der Waals surface area contributed by atoms with Crippen molar-refractivity contribution in [2.45, 2.75) is 66.0 Å². The van der Waals surface area contributed by atoms with Crippen LogP contribution in [0, 0.1) is 11.8 Å². The number of nitrogens with one attached hydrogen (secondary N) is 1. The van der Waals surface area contributed by atoms with E-state index in [4.69, 9.17) is 0 Å². The predicted molar refractivity (Wildman–Crippen MR) is 101 cm³/mol. The minimum absolute atomic E-state index is 0.185. The smallest absolute Gasteiger partial charge is 0.223 e. The van der Waals surface area contributed by atoms with E-state index in [1.807, 2.05) is 0 Å². The molecular weight excluding hydrogens is 296 g/mol. The highest BCUT2D eigenvalue weighted by Crippen LogP contribution is 2.19. The molecule has 0 aliphatic carbocycles. The second-order valence-electron chi connectivity index (χ2n) is 7.87. The van der Waals surface area contributed by atoms with E-state index in [-0.39, 0.29) is 11.8 Å². The van der Waals surface area contributed by atoms with E-state index in [9.17, 15) is 4.79 Å². The highest BCUT2D eigenvalue weighted by atomic mass is 16.1. The van der Waals surface area contributed by atoms with E-state index in [2.05, 4.69) is 62.2 Å². The summed E-state index contributed by atoms with van der Waals surface area (Å²) in [5.41, 5.74) is 2.58. The highest BCUT2D eigenvalue weighted by molar-refractivity contribution is 5.78. The lowest BCUT2D eigenvalue weighted by Crippen LogP contribution is -2.42. The Morgan fingerprint density at radius 1 is 1.08 bits per heavy atom. The minimum Gasteiger partial charge on any atom is -0.352 e. The molecule has 0 atom stereocenters. The number of hydrogen-bond donors (Lipinski definition) is 1. The molecule has 3 nitrogen and oxygen atoms in total. The Morgan fingerprint density at radius 2 is 1.67 bits per heavy atom. The van der Waals surface area contributed by atoms with Crippen LogP contribution in [0.25, 0.3) is 0 Å². The summed E-state index contributed by atoms with van der Waals surface area (Å²) in [6.45, 7) is 11.7. The second-order valence-corrected chi connectivity index (χ2v) is 7.87. The molecule has 1 aromatic carbocycles. The zero-order chi connectivity index (χ0) is 17.5. The van der Waals surface area contributed by atoms with Gasteiger partial charge in [-0.3, -0.25) is 4.79 Å². The Bertz CT molecular complexity index is 499. The molecule has 1 aromatic rings. The van der Waals surface area contributed by atoms with E-state index >= 15 is 0 Å². The van der Waals surface area contributed by atoms with Crippen molar-refractivity contribution in [3.63, 3.8) is 0 Å². The van der Waals surface area contributed by atoms with Crippen LogP contribution < -0.4 is 5.32 Å². The summed E-state index contributed by atoms with van der Waals surface area (Å²) in [4.78, 5) is 14.8. The Hall–Kier alpha value is -1.35. The number of carbonyl (C=O) groups is 1. The quantitative estimate of drug-likeness (QED) is 0.819. The van der Waals surface area contributed by atoms with Crippen LogP contribution in [-0.2, 0) is 17.8 Å². The van der Waals surface area contributed by atoms with Gasteiger partial charge >= 0.3 is 0 Å². The van der Waals surface area contributed by atoms with Gasteiger partial charge in [0.15, 0.2) is 0 Å². The molecule has 1 aliphatic heterocycles. The first kappa shape index (κ1) is 19.0. The maximum atomic E-state index is 12.4. The van der Waals surface area contributed by atoms with Crippen molar-refractivity contribution in [1.82, 2.24) is 10.2 Å². The van der Waals surface area contributed by atoms with Gasteiger partial charge in [-0.2, -0.15) is 0 Å². The molecule has 1 aliphatic rings. The summed E-state index contributed by atoms with van der Waals surface area (Å²) in [5, 5.41) is 3.12. The zero-order valence-electron chi connectivity index (χ0n) is 15.8. The molecule has 134 valence electrons. The molecule has 0 unspecified atom stereocenters. The fourth-order valence-corrected chi connectivity index (χ4v) is 3.29. The summed E-state index contributed by atoms with van der Waals surface area (Å²) >= 11 is 0. The molecule has 0 bridgehead atoms. The van der Waals surface area contributed by atoms with Crippen LogP contribution in [0.15, 0.2) is 24.3 Å². The van der Waals surface area contributed by atoms with Crippen molar-refractivity contribution in [1.29, 1.82) is 0 Å². The van der Waals surface area contributed by atoms with Crippen LogP contribution in [0.1, 0.15) is 58.1 Å². The number of hydrogen-bond acceptors (Lipinski definition) is 2. The third-order valence-electron chi connectivity index (χ3n) is 5.13. The molecule has 1 saturated heterocycles. The number of likely N-dealkylation sites (tertiary alicyclic amines) is 1. The van der Waals surface area contributed by atoms with Gasteiger partial charge < -0.3 is 10.2 Å². The molecule has 1 amide bonds. The van der Waals surface area contributed by atoms with Crippen molar-refractivity contribution < 1.29 is 4.79 Å². The maximum absolute atomic E-state index is 12.4. The van der Waals surface area contributed by atoms with Gasteiger partial charge in [0, 0.05) is 18.5 Å². The first-order valence-electron chi connectivity index (χ1n) is 9.55. The maximum Gasteiger partial charge on any atom is 0.223 e. The second kappa shape index (κ2) is 9.22. The van der Waals surface area contributed by atoms with Crippen LogP contribution >= 0.6 is 0 Å². The Balaban J connectivity index is 1.74. The van der Waals surface area contributed by atoms with Crippen molar-refractivity contribution >= 4 is 5.91 Å². The van der Waals surface area contributed by atoms with E-state index < -0.39 is 0 Å². The summed E-state index contributed by atoms with van der Waals surface area (Å²) < 4.78 is 0. The predicted octanol–water partition coefficient (Wildman–Crippen LogP) is 4.01. The number of aryl methyl sites for hydroxylation is 1. The fraction of sp³-hybridized carbons (Fsp3) is 0.667. The van der Waals surface area contributed by atoms with Crippen molar-refractivity contribution in [3.05, 3.63) is 35.4 Å². The molecule has 0 radical (unpaired) electrons. The van der Waals surface area contributed by atoms with Crippen LogP contribution in [0.2, 0.25) is 0 Å². The molecule has 24 heavy (non-hydrogen) atoms. The van der Waals surface area contributed by atoms with Crippen molar-refractivity contribution in [2.24, 2.45) is 11.8 Å². The number of carbonyl (C=O) groups excluding carboxylic acids is 1. The number of piperidine rings is 1. The van der Waals surface area contributed by atoms with Crippen molar-refractivity contribution in [2.75, 3.05) is 13.1 Å². The minimum atomic E-state index is 0.185. The van der Waals surface area contributed by atoms with Gasteiger partial charge in [0.2, 0.25) is 5.91 Å². The molecule has 0 saturated carbocycles. The van der Waals surface area contributed by atoms with Crippen LogP contribution in [0.3, 0.4) is 0 Å². The number of rotatable bonds is 7. The lowest BCUT2D eigenvalue weighted by atomic mass is 9.95. The molecular formula is C21H34N2O. The number of benzene rings is 1. The number of nitrogens with zero attached hydrogens (tertiary/aromatic N) is 1. The molecule has 1 N–H and O–H groups in total. The SMILES string of the molecule is CC(C)CCc1ccc(CNC(=O)C2CCN(C(C)C)CC2)cc1. The highest BCUT2D eigenvalue weighted by Gasteiger charge is 2.25. The lowest BCUT2D eigenvalue weighted by Gasteiger charge is -2.33. The van der Waals surface area contributed by atoms with Gasteiger partial charge in [-0.15, -0.1) is 0 Å². The van der Waals surface area contributed by atoms with E-state index in [0.29, 0.717) is 12.6 Å². The van der Waals surface area contributed by atoms with Crippen molar-refractivity contribution in [3.8, 4) is 0 Å². The Kier molecular flexibility index (Phi) is 7.29. The summed E-state index contributed by atoms with van der Waals surface area (Å²) in [6.07, 6.45) is 4.33. The Morgan fingerprint density at radius 3 is 2.21 bits per heavy atom. The standard InChI is InChI=1S/C21H34N2O/c1-16(2)5-6-18-7-9-19(10-8-18)15-22-21(24)20-11-13-23(14-12-20)17(3)4/h7-10,16-17,20H,5-6,11-15H2,1-4H3,(H,22,24). The summed E-state index contributed by atoms with van der Waals surface area (Å²) in [6, 6.07) is 9.29. The topological polar surface area (TPSA) is 32.3 Å². The largest absolute Gasteiger partial charge is 0.352 e. The molecule has 3 heteroatoms. The van der Waals surface area contributed by atoms with Crippen LogP contribution in [0.4, 0.5) is 0 Å². The Labute approximate surface area is 147 Å². The third-order valence-corrected chi connectivity index (χ3v) is 5.13. The van der Waals surface area contributed by atoms with E-state index in [1.165, 1.54) is 17.5 Å². The van der Waals surface area contributed by atoms with Gasteiger partial charge in [0.1, 0.15) is 0 Å². The first-order valence-corrected chi connectivity index (χ1v) is 9.55. The molecule has 2 rings (SSSR count). The first-order chi connectivity index (χ1) is 11.5. The van der Waals surface area contributed by atoms with Crippen LogP contribution in [0.5, 0.6) is 0 Å². The molecule has 0 spiro atoms. The zero-order valence-corrected chi connectivity index (χ0v) is 15.8. The van der Waals surface area contributed by atoms with Gasteiger partial charge in [-0.25, -0.2) is 0 Å². The summed E-state index contributed by atoms with van der Waals surface area (Å²) in [7, 11) is 0. The average molecular weight is 331 g/mol. The molecule has 1 heterocycles. The molecule has 1 fully saturated rings. The number of amides is 1. The van der Waals surface area contributed by atoms with Gasteiger partial charge in [-0.05, 0) is 69.7 Å². The van der Waals surface area contributed by atoms with Crippen LogP contribution in [-0.4, -0.2) is 29.9 Å². The molecule has 0 aromatic heterocycles. The van der Waals surface area contributed by atoms with E-state index in [0.717, 1.165) is 38.3 Å². The van der Waals surface area contributed by atoms with Gasteiger partial charge in [0.25, 0.3) is 0 Å². The third kappa shape index (κ3) is 5.94. The fourth-order valence-electron chi connectivity index (χ4n) is 3.29. The van der Waals surface area contributed by atoms with Gasteiger partial charge in [-0.1, -0.05) is 38.1 Å². The van der Waals surface area contributed by atoms with E-state index in [1.54, 1.807) is 0 Å². The average Bonchev–Trinajstić information content (AvgIpc) is 2.58. The lowest BCUT2D eigenvalue weighted by molar-refractivity contribution is -0.126. The monoisotopic (exact) mass is 330 g/mol. The van der Waals surface area contributed by atoms with Gasteiger partial charge in [0.05, 0.1) is 0 Å².